The van der Waals surface area contributed by atoms with Gasteiger partial charge >= 0.3 is 0 Å². The standard InChI is InChI=1S/C15H25N5/c1-12-17-7-9-20(12)8-5-6-16-11-13-10-14(19-18-13)15(2,3)4/h7,9-10,16H,5-6,8,11H2,1-4H3,(H,18,19). The van der Waals surface area contributed by atoms with Crippen LogP contribution in [0.2, 0.25) is 0 Å². The van der Waals surface area contributed by atoms with Crippen molar-refractivity contribution in [2.45, 2.75) is 52.6 Å². The maximum atomic E-state index is 4.36. The molecule has 0 amide bonds. The molecule has 0 aromatic carbocycles. The Kier molecular flexibility index (Phi) is 4.60. The summed E-state index contributed by atoms with van der Waals surface area (Å²) in [6.45, 7) is 11.4. The topological polar surface area (TPSA) is 58.5 Å². The van der Waals surface area contributed by atoms with Gasteiger partial charge in [0.25, 0.3) is 0 Å². The number of H-pyrrole nitrogens is 1. The maximum absolute atomic E-state index is 4.36. The van der Waals surface area contributed by atoms with E-state index in [1.807, 2.05) is 19.3 Å². The molecule has 5 heteroatoms. The van der Waals surface area contributed by atoms with E-state index < -0.39 is 0 Å². The Morgan fingerprint density at radius 2 is 2.15 bits per heavy atom. The zero-order valence-corrected chi connectivity index (χ0v) is 12.9. The van der Waals surface area contributed by atoms with Crippen LogP contribution >= 0.6 is 0 Å². The van der Waals surface area contributed by atoms with Crippen LogP contribution < -0.4 is 5.32 Å². The fourth-order valence-corrected chi connectivity index (χ4v) is 2.07. The molecule has 2 N–H and O–H groups in total. The molecule has 0 bridgehead atoms. The van der Waals surface area contributed by atoms with E-state index in [0.29, 0.717) is 0 Å². The highest BCUT2D eigenvalue weighted by Gasteiger charge is 2.16. The molecule has 110 valence electrons. The Hall–Kier alpha value is -1.62. The van der Waals surface area contributed by atoms with Crippen molar-refractivity contribution in [3.05, 3.63) is 35.7 Å². The molecule has 0 unspecified atom stereocenters. The monoisotopic (exact) mass is 275 g/mol. The van der Waals surface area contributed by atoms with E-state index in [-0.39, 0.29) is 5.41 Å². The van der Waals surface area contributed by atoms with Gasteiger partial charge in [-0.1, -0.05) is 20.8 Å². The second-order valence-electron chi connectivity index (χ2n) is 6.23. The average Bonchev–Trinajstić information content (AvgIpc) is 2.98. The summed E-state index contributed by atoms with van der Waals surface area (Å²) in [6, 6.07) is 2.15. The van der Waals surface area contributed by atoms with E-state index in [4.69, 9.17) is 0 Å². The summed E-state index contributed by atoms with van der Waals surface area (Å²) in [7, 11) is 0. The van der Waals surface area contributed by atoms with E-state index >= 15 is 0 Å². The molecule has 2 heterocycles. The lowest BCUT2D eigenvalue weighted by Gasteiger charge is -2.13. The van der Waals surface area contributed by atoms with Gasteiger partial charge in [-0.15, -0.1) is 0 Å². The number of aryl methyl sites for hydroxylation is 2. The lowest BCUT2D eigenvalue weighted by atomic mass is 9.92. The van der Waals surface area contributed by atoms with Gasteiger partial charge in [0.1, 0.15) is 5.82 Å². The molecule has 0 spiro atoms. The lowest BCUT2D eigenvalue weighted by Crippen LogP contribution is -2.17. The molecule has 2 aromatic heterocycles. The minimum atomic E-state index is 0.105. The number of aromatic amines is 1. The van der Waals surface area contributed by atoms with Crippen molar-refractivity contribution < 1.29 is 0 Å². The van der Waals surface area contributed by atoms with Gasteiger partial charge in [0, 0.05) is 36.6 Å². The zero-order valence-electron chi connectivity index (χ0n) is 12.9. The maximum Gasteiger partial charge on any atom is 0.105 e. The van der Waals surface area contributed by atoms with Crippen LogP contribution in [0, 0.1) is 6.92 Å². The van der Waals surface area contributed by atoms with Crippen molar-refractivity contribution in [2.24, 2.45) is 0 Å². The Labute approximate surface area is 120 Å². The smallest absolute Gasteiger partial charge is 0.105 e. The number of rotatable bonds is 6. The first kappa shape index (κ1) is 14.8. The molecule has 0 saturated carbocycles. The SMILES string of the molecule is Cc1nccn1CCCNCc1cc(C(C)(C)C)n[nH]1. The highest BCUT2D eigenvalue weighted by Crippen LogP contribution is 2.20. The lowest BCUT2D eigenvalue weighted by molar-refractivity contribution is 0.566. The molecule has 0 saturated heterocycles. The van der Waals surface area contributed by atoms with Gasteiger partial charge < -0.3 is 9.88 Å². The summed E-state index contributed by atoms with van der Waals surface area (Å²) >= 11 is 0. The van der Waals surface area contributed by atoms with Crippen molar-refractivity contribution in [1.29, 1.82) is 0 Å². The van der Waals surface area contributed by atoms with Gasteiger partial charge in [-0.05, 0) is 26.0 Å². The summed E-state index contributed by atoms with van der Waals surface area (Å²) in [4.78, 5) is 4.22. The Morgan fingerprint density at radius 3 is 2.75 bits per heavy atom. The van der Waals surface area contributed by atoms with Gasteiger partial charge in [-0.2, -0.15) is 5.10 Å². The Balaban J connectivity index is 1.69. The van der Waals surface area contributed by atoms with Gasteiger partial charge in [-0.3, -0.25) is 5.10 Å². The number of nitrogens with zero attached hydrogens (tertiary/aromatic N) is 3. The predicted molar refractivity (Wildman–Crippen MR) is 80.6 cm³/mol. The third kappa shape index (κ3) is 3.93. The van der Waals surface area contributed by atoms with Crippen LogP contribution in [0.1, 0.15) is 44.4 Å². The van der Waals surface area contributed by atoms with Crippen molar-refractivity contribution in [3.63, 3.8) is 0 Å². The first-order valence-electron chi connectivity index (χ1n) is 7.20. The quantitative estimate of drug-likeness (QED) is 0.796. The summed E-state index contributed by atoms with van der Waals surface area (Å²) < 4.78 is 2.18. The predicted octanol–water partition coefficient (Wildman–Crippen LogP) is 2.39. The van der Waals surface area contributed by atoms with Gasteiger partial charge in [0.15, 0.2) is 0 Å². The van der Waals surface area contributed by atoms with E-state index in [2.05, 4.69) is 51.9 Å². The molecule has 20 heavy (non-hydrogen) atoms. The number of imidazole rings is 1. The van der Waals surface area contributed by atoms with Crippen molar-refractivity contribution in [3.8, 4) is 0 Å². The molecule has 2 rings (SSSR count). The van der Waals surface area contributed by atoms with Crippen LogP contribution in [0.3, 0.4) is 0 Å². The highest BCUT2D eigenvalue weighted by atomic mass is 15.1. The van der Waals surface area contributed by atoms with E-state index in [1.165, 1.54) is 0 Å². The summed E-state index contributed by atoms with van der Waals surface area (Å²) in [6.07, 6.45) is 4.97. The first-order valence-corrected chi connectivity index (χ1v) is 7.20. The number of hydrogen-bond donors (Lipinski definition) is 2. The largest absolute Gasteiger partial charge is 0.335 e. The van der Waals surface area contributed by atoms with E-state index in [1.54, 1.807) is 0 Å². The average molecular weight is 275 g/mol. The van der Waals surface area contributed by atoms with Gasteiger partial charge in [-0.25, -0.2) is 4.98 Å². The fourth-order valence-electron chi connectivity index (χ4n) is 2.07. The number of nitrogens with one attached hydrogen (secondary N) is 2. The molecular formula is C15H25N5. The number of hydrogen-bond acceptors (Lipinski definition) is 3. The molecule has 0 aliphatic rings. The summed E-state index contributed by atoms with van der Waals surface area (Å²) in [5, 5.41) is 10.9. The summed E-state index contributed by atoms with van der Waals surface area (Å²) in [5.74, 6) is 1.08. The zero-order chi connectivity index (χ0) is 14.6. The van der Waals surface area contributed by atoms with Crippen LogP contribution in [0.4, 0.5) is 0 Å². The Bertz CT molecular complexity index is 532. The molecule has 0 aliphatic heterocycles. The van der Waals surface area contributed by atoms with E-state index in [9.17, 15) is 0 Å². The minimum Gasteiger partial charge on any atom is -0.335 e. The van der Waals surface area contributed by atoms with E-state index in [0.717, 1.165) is 43.3 Å². The molecule has 2 aromatic rings. The minimum absolute atomic E-state index is 0.105. The molecule has 0 atom stereocenters. The van der Waals surface area contributed by atoms with Crippen LogP contribution in [0.5, 0.6) is 0 Å². The van der Waals surface area contributed by atoms with Crippen LogP contribution in [-0.2, 0) is 18.5 Å². The second kappa shape index (κ2) is 6.22. The van der Waals surface area contributed by atoms with Crippen LogP contribution in [0.15, 0.2) is 18.5 Å². The van der Waals surface area contributed by atoms with Crippen molar-refractivity contribution in [2.75, 3.05) is 6.54 Å². The van der Waals surface area contributed by atoms with Gasteiger partial charge in [0.05, 0.1) is 5.69 Å². The molecule has 5 nitrogen and oxygen atoms in total. The highest BCUT2D eigenvalue weighted by molar-refractivity contribution is 5.16. The Morgan fingerprint density at radius 1 is 1.35 bits per heavy atom. The normalized spacial score (nSPS) is 12.0. The molecule has 0 aliphatic carbocycles. The van der Waals surface area contributed by atoms with Crippen LogP contribution in [0.25, 0.3) is 0 Å². The van der Waals surface area contributed by atoms with Crippen LogP contribution in [-0.4, -0.2) is 26.3 Å². The third-order valence-electron chi connectivity index (χ3n) is 3.39. The molecule has 0 radical (unpaired) electrons. The first-order chi connectivity index (χ1) is 9.47. The van der Waals surface area contributed by atoms with Gasteiger partial charge in [0.2, 0.25) is 0 Å². The number of aromatic nitrogens is 4. The van der Waals surface area contributed by atoms with Crippen molar-refractivity contribution in [1.82, 2.24) is 25.1 Å². The fraction of sp³-hybridized carbons (Fsp3) is 0.600. The molecular weight excluding hydrogens is 250 g/mol. The van der Waals surface area contributed by atoms with Crippen molar-refractivity contribution >= 4 is 0 Å². The third-order valence-corrected chi connectivity index (χ3v) is 3.39. The summed E-state index contributed by atoms with van der Waals surface area (Å²) in [5.41, 5.74) is 2.37. The second-order valence-corrected chi connectivity index (χ2v) is 6.23. The molecule has 0 fully saturated rings.